The monoisotopic (exact) mass is 323 g/mol. The van der Waals surface area contributed by atoms with Gasteiger partial charge in [0.05, 0.1) is 12.8 Å². The Bertz CT molecular complexity index is 842. The normalized spacial score (nSPS) is 12.0. The largest absolute Gasteiger partial charge is 0.495 e. The van der Waals surface area contributed by atoms with Crippen molar-refractivity contribution in [2.75, 3.05) is 12.4 Å². The van der Waals surface area contributed by atoms with E-state index in [4.69, 9.17) is 9.15 Å². The van der Waals surface area contributed by atoms with Gasteiger partial charge in [-0.1, -0.05) is 23.8 Å². The minimum absolute atomic E-state index is 0.133. The van der Waals surface area contributed by atoms with Crippen LogP contribution in [0.2, 0.25) is 0 Å². The summed E-state index contributed by atoms with van der Waals surface area (Å²) in [5, 5.41) is 11.7. The van der Waals surface area contributed by atoms with Gasteiger partial charge in [0.1, 0.15) is 11.8 Å². The van der Waals surface area contributed by atoms with E-state index in [0.717, 1.165) is 28.1 Å². The molecule has 0 amide bonds. The highest BCUT2D eigenvalue weighted by Gasteiger charge is 2.16. The molecular weight excluding hydrogens is 302 g/mol. The summed E-state index contributed by atoms with van der Waals surface area (Å²) in [5.41, 5.74) is 4.13. The van der Waals surface area contributed by atoms with E-state index in [-0.39, 0.29) is 6.04 Å². The zero-order chi connectivity index (χ0) is 17.1. The van der Waals surface area contributed by atoms with Gasteiger partial charge in [-0.25, -0.2) is 0 Å². The third kappa shape index (κ3) is 3.40. The fourth-order valence-corrected chi connectivity index (χ4v) is 2.53. The van der Waals surface area contributed by atoms with Gasteiger partial charge in [-0.3, -0.25) is 0 Å². The number of rotatable bonds is 5. The van der Waals surface area contributed by atoms with E-state index in [1.807, 2.05) is 63.2 Å². The molecule has 0 radical (unpaired) electrons. The maximum Gasteiger partial charge on any atom is 0.247 e. The van der Waals surface area contributed by atoms with Gasteiger partial charge in [0.25, 0.3) is 0 Å². The molecule has 0 spiro atoms. The molecule has 0 saturated carbocycles. The Kier molecular flexibility index (Phi) is 4.51. The molecule has 3 aromatic rings. The lowest BCUT2D eigenvalue weighted by atomic mass is 10.1. The van der Waals surface area contributed by atoms with Crippen LogP contribution >= 0.6 is 0 Å². The van der Waals surface area contributed by atoms with Crippen LogP contribution in [0.25, 0.3) is 11.5 Å². The molecule has 1 heterocycles. The van der Waals surface area contributed by atoms with Gasteiger partial charge in [0.2, 0.25) is 11.8 Å². The first-order valence-corrected chi connectivity index (χ1v) is 7.88. The number of nitrogens with one attached hydrogen (secondary N) is 1. The number of aromatic nitrogens is 2. The molecule has 3 rings (SSSR count). The van der Waals surface area contributed by atoms with E-state index in [1.165, 1.54) is 0 Å². The van der Waals surface area contributed by atoms with E-state index in [9.17, 15) is 0 Å². The number of nitrogens with zero attached hydrogens (tertiary/aromatic N) is 2. The van der Waals surface area contributed by atoms with Crippen LogP contribution in [0.1, 0.15) is 30.0 Å². The standard InChI is InChI=1S/C19H21N3O2/c1-12-6-5-7-15(10-12)19-22-21-18(24-19)14(3)20-16-11-13(2)8-9-17(16)23-4/h5-11,14,20H,1-4H3. The lowest BCUT2D eigenvalue weighted by molar-refractivity contribution is 0.415. The number of hydrogen-bond donors (Lipinski definition) is 1. The molecule has 124 valence electrons. The SMILES string of the molecule is COc1ccc(C)cc1NC(C)c1nnc(-c2cccc(C)c2)o1. The molecular formula is C19H21N3O2. The Morgan fingerprint density at radius 2 is 1.83 bits per heavy atom. The molecule has 0 fully saturated rings. The van der Waals surface area contributed by atoms with Crippen LogP contribution in [0.5, 0.6) is 5.75 Å². The molecule has 1 atom stereocenters. The van der Waals surface area contributed by atoms with Gasteiger partial charge >= 0.3 is 0 Å². The van der Waals surface area contributed by atoms with Crippen molar-refractivity contribution in [2.45, 2.75) is 26.8 Å². The van der Waals surface area contributed by atoms with Gasteiger partial charge in [-0.05, 0) is 50.6 Å². The van der Waals surface area contributed by atoms with Crippen molar-refractivity contribution in [2.24, 2.45) is 0 Å². The fourth-order valence-electron chi connectivity index (χ4n) is 2.53. The van der Waals surface area contributed by atoms with Crippen LogP contribution in [0.3, 0.4) is 0 Å². The molecule has 5 nitrogen and oxygen atoms in total. The zero-order valence-corrected chi connectivity index (χ0v) is 14.3. The number of methoxy groups -OCH3 is 1. The first-order valence-electron chi connectivity index (χ1n) is 7.88. The summed E-state index contributed by atoms with van der Waals surface area (Å²) in [6, 6.07) is 13.9. The molecule has 0 bridgehead atoms. The van der Waals surface area contributed by atoms with Crippen LogP contribution in [0.15, 0.2) is 46.9 Å². The number of hydrogen-bond acceptors (Lipinski definition) is 5. The Morgan fingerprint density at radius 1 is 1.04 bits per heavy atom. The summed E-state index contributed by atoms with van der Waals surface area (Å²) in [4.78, 5) is 0. The summed E-state index contributed by atoms with van der Waals surface area (Å²) in [6.07, 6.45) is 0. The molecule has 24 heavy (non-hydrogen) atoms. The van der Waals surface area contributed by atoms with Crippen molar-refractivity contribution >= 4 is 5.69 Å². The molecule has 1 aromatic heterocycles. The van der Waals surface area contributed by atoms with Crippen molar-refractivity contribution in [3.63, 3.8) is 0 Å². The lowest BCUT2D eigenvalue weighted by Crippen LogP contribution is -2.08. The van der Waals surface area contributed by atoms with E-state index >= 15 is 0 Å². The maximum atomic E-state index is 5.84. The Balaban J connectivity index is 1.82. The third-order valence-corrected chi connectivity index (χ3v) is 3.80. The maximum absolute atomic E-state index is 5.84. The molecule has 0 aliphatic heterocycles. The van der Waals surface area contributed by atoms with E-state index < -0.39 is 0 Å². The minimum atomic E-state index is -0.133. The number of anilines is 1. The van der Waals surface area contributed by atoms with Crippen molar-refractivity contribution in [1.82, 2.24) is 10.2 Å². The van der Waals surface area contributed by atoms with Gasteiger partial charge < -0.3 is 14.5 Å². The lowest BCUT2D eigenvalue weighted by Gasteiger charge is -2.15. The Morgan fingerprint density at radius 3 is 2.58 bits per heavy atom. The summed E-state index contributed by atoms with van der Waals surface area (Å²) in [7, 11) is 1.66. The molecule has 0 aliphatic rings. The highest BCUT2D eigenvalue weighted by atomic mass is 16.5. The van der Waals surface area contributed by atoms with Crippen molar-refractivity contribution in [3.05, 3.63) is 59.5 Å². The van der Waals surface area contributed by atoms with Crippen molar-refractivity contribution in [1.29, 1.82) is 0 Å². The van der Waals surface area contributed by atoms with E-state index in [0.29, 0.717) is 11.8 Å². The molecule has 2 aromatic carbocycles. The third-order valence-electron chi connectivity index (χ3n) is 3.80. The quantitative estimate of drug-likeness (QED) is 0.747. The molecule has 0 aliphatic carbocycles. The average molecular weight is 323 g/mol. The van der Waals surface area contributed by atoms with Crippen molar-refractivity contribution < 1.29 is 9.15 Å². The smallest absolute Gasteiger partial charge is 0.247 e. The average Bonchev–Trinajstić information content (AvgIpc) is 3.05. The second-order valence-corrected chi connectivity index (χ2v) is 5.88. The summed E-state index contributed by atoms with van der Waals surface area (Å²) >= 11 is 0. The molecule has 0 saturated heterocycles. The number of ether oxygens (including phenoxy) is 1. The second kappa shape index (κ2) is 6.74. The van der Waals surface area contributed by atoms with Gasteiger partial charge in [-0.15, -0.1) is 10.2 Å². The highest BCUT2D eigenvalue weighted by molar-refractivity contribution is 5.59. The van der Waals surface area contributed by atoms with Crippen LogP contribution < -0.4 is 10.1 Å². The summed E-state index contributed by atoms with van der Waals surface area (Å²) in [5.74, 6) is 1.85. The Labute approximate surface area is 141 Å². The van der Waals surface area contributed by atoms with Crippen LogP contribution in [-0.2, 0) is 0 Å². The van der Waals surface area contributed by atoms with Gasteiger partial charge in [0, 0.05) is 5.56 Å². The topological polar surface area (TPSA) is 60.2 Å². The van der Waals surface area contributed by atoms with Crippen LogP contribution in [-0.4, -0.2) is 17.3 Å². The van der Waals surface area contributed by atoms with Crippen molar-refractivity contribution in [3.8, 4) is 17.2 Å². The molecule has 5 heteroatoms. The first-order chi connectivity index (χ1) is 11.6. The van der Waals surface area contributed by atoms with E-state index in [2.05, 4.69) is 15.5 Å². The van der Waals surface area contributed by atoms with Crippen LogP contribution in [0, 0.1) is 13.8 Å². The number of aryl methyl sites for hydroxylation is 2. The summed E-state index contributed by atoms with van der Waals surface area (Å²) < 4.78 is 11.2. The Hall–Kier alpha value is -2.82. The molecule has 1 unspecified atom stereocenters. The summed E-state index contributed by atoms with van der Waals surface area (Å²) in [6.45, 7) is 6.06. The zero-order valence-electron chi connectivity index (χ0n) is 14.3. The number of benzene rings is 2. The van der Waals surface area contributed by atoms with Crippen LogP contribution in [0.4, 0.5) is 5.69 Å². The molecule has 1 N–H and O–H groups in total. The first kappa shape index (κ1) is 16.1. The van der Waals surface area contributed by atoms with Gasteiger partial charge in [0.15, 0.2) is 0 Å². The second-order valence-electron chi connectivity index (χ2n) is 5.88. The van der Waals surface area contributed by atoms with Gasteiger partial charge in [-0.2, -0.15) is 0 Å². The minimum Gasteiger partial charge on any atom is -0.495 e. The van der Waals surface area contributed by atoms with E-state index in [1.54, 1.807) is 7.11 Å². The highest BCUT2D eigenvalue weighted by Crippen LogP contribution is 2.29. The predicted molar refractivity (Wildman–Crippen MR) is 94.2 cm³/mol. The fraction of sp³-hybridized carbons (Fsp3) is 0.263. The predicted octanol–water partition coefficient (Wildman–Crippen LogP) is 4.54.